The van der Waals surface area contributed by atoms with Crippen LogP contribution in [-0.2, 0) is 24.4 Å². The molecule has 0 saturated carbocycles. The number of imidazole rings is 1. The smallest absolute Gasteiger partial charge is 0.335 e. The number of halogens is 2. The van der Waals surface area contributed by atoms with Crippen molar-refractivity contribution >= 4 is 34.4 Å². The Morgan fingerprint density at radius 2 is 1.88 bits per heavy atom. The fraction of sp³-hybridized carbons (Fsp3) is 0.379. The number of ether oxygens (including phenoxy) is 1. The van der Waals surface area contributed by atoms with E-state index in [0.29, 0.717) is 42.2 Å². The quantitative estimate of drug-likeness (QED) is 0.295. The summed E-state index contributed by atoms with van der Waals surface area (Å²) in [4.78, 5) is 31.9. The number of fused-ring (bicyclic) bond motifs is 1. The monoisotopic (exact) mass is 565 g/mol. The van der Waals surface area contributed by atoms with E-state index in [1.807, 2.05) is 0 Å². The Bertz CT molecular complexity index is 1570. The number of nitrogens with zero attached hydrogens (tertiary/aromatic N) is 5. The van der Waals surface area contributed by atoms with Gasteiger partial charge in [0.15, 0.2) is 5.78 Å². The summed E-state index contributed by atoms with van der Waals surface area (Å²) < 4.78 is 23.5. The number of rotatable bonds is 9. The Kier molecular flexibility index (Phi) is 7.39. The number of piperidine rings is 1. The number of benzene rings is 2. The van der Waals surface area contributed by atoms with Crippen LogP contribution < -0.4 is 0 Å². The van der Waals surface area contributed by atoms with Gasteiger partial charge in [-0.2, -0.15) is 5.10 Å². The minimum atomic E-state index is -0.968. The lowest BCUT2D eigenvalue weighted by molar-refractivity contribution is -0.0592. The molecule has 9 nitrogen and oxygen atoms in total. The zero-order chi connectivity index (χ0) is 27.8. The van der Waals surface area contributed by atoms with Crippen molar-refractivity contribution in [3.8, 4) is 0 Å². The van der Waals surface area contributed by atoms with E-state index in [2.05, 4.69) is 14.6 Å². The third-order valence-electron chi connectivity index (χ3n) is 7.82. The summed E-state index contributed by atoms with van der Waals surface area (Å²) in [6.07, 6.45) is 4.17. The van der Waals surface area contributed by atoms with Crippen LogP contribution in [0.3, 0.4) is 0 Å². The van der Waals surface area contributed by atoms with Gasteiger partial charge in [0, 0.05) is 29.3 Å². The van der Waals surface area contributed by atoms with Gasteiger partial charge in [0.05, 0.1) is 42.3 Å². The second kappa shape index (κ2) is 11.1. The predicted octanol–water partition coefficient (Wildman–Crippen LogP) is 4.66. The molecule has 11 heteroatoms. The number of carboxylic acids is 1. The number of Topliss-reactive ketones (excluding diaryl/α,β-unsaturated/α-hetero) is 1. The van der Waals surface area contributed by atoms with Gasteiger partial charge in [0.2, 0.25) is 0 Å². The first-order valence-corrected chi connectivity index (χ1v) is 13.8. The molecule has 0 amide bonds. The van der Waals surface area contributed by atoms with Crippen molar-refractivity contribution in [3.63, 3.8) is 0 Å². The number of carbonyl (C=O) groups excluding carboxylic acids is 1. The van der Waals surface area contributed by atoms with Crippen LogP contribution >= 0.6 is 11.6 Å². The Labute approximate surface area is 235 Å². The maximum absolute atomic E-state index is 14.2. The summed E-state index contributed by atoms with van der Waals surface area (Å²) in [5.74, 6) is -0.632. The fourth-order valence-corrected chi connectivity index (χ4v) is 5.59. The number of carboxylic acid groups (broad SMARTS) is 1. The molecule has 40 heavy (non-hydrogen) atoms. The number of hydrogen-bond donors (Lipinski definition) is 1. The van der Waals surface area contributed by atoms with Gasteiger partial charge in [-0.3, -0.25) is 14.4 Å². The molecule has 0 unspecified atom stereocenters. The molecule has 0 bridgehead atoms. The highest BCUT2D eigenvalue weighted by Crippen LogP contribution is 2.26. The summed E-state index contributed by atoms with van der Waals surface area (Å²) in [5, 5.41) is 14.2. The predicted molar refractivity (Wildman–Crippen MR) is 146 cm³/mol. The average Bonchev–Trinajstić information content (AvgIpc) is 3.52. The van der Waals surface area contributed by atoms with Gasteiger partial charge in [-0.05, 0) is 68.8 Å². The number of likely N-dealkylation sites (tertiary alicyclic amines) is 1. The molecule has 2 fully saturated rings. The zero-order valence-electron chi connectivity index (χ0n) is 21.8. The van der Waals surface area contributed by atoms with Crippen LogP contribution in [0.4, 0.5) is 4.39 Å². The molecule has 208 valence electrons. The van der Waals surface area contributed by atoms with Gasteiger partial charge in [-0.25, -0.2) is 14.2 Å². The van der Waals surface area contributed by atoms with Crippen molar-refractivity contribution in [2.24, 2.45) is 5.92 Å². The van der Waals surface area contributed by atoms with Crippen LogP contribution in [0.1, 0.15) is 51.5 Å². The zero-order valence-corrected chi connectivity index (χ0v) is 22.6. The third-order valence-corrected chi connectivity index (χ3v) is 8.05. The maximum atomic E-state index is 14.2. The maximum Gasteiger partial charge on any atom is 0.335 e. The van der Waals surface area contributed by atoms with Crippen LogP contribution in [0.2, 0.25) is 5.02 Å². The van der Waals surface area contributed by atoms with Gasteiger partial charge >= 0.3 is 5.97 Å². The highest BCUT2D eigenvalue weighted by atomic mass is 35.5. The first kappa shape index (κ1) is 26.6. The van der Waals surface area contributed by atoms with Crippen molar-refractivity contribution in [2.45, 2.75) is 45.0 Å². The van der Waals surface area contributed by atoms with E-state index >= 15 is 0 Å². The largest absolute Gasteiger partial charge is 0.478 e. The summed E-state index contributed by atoms with van der Waals surface area (Å²) in [7, 11) is 0. The normalized spacial score (nSPS) is 18.2. The van der Waals surface area contributed by atoms with Gasteiger partial charge in [-0.1, -0.05) is 17.7 Å². The Hall–Kier alpha value is -3.60. The number of aromatic nitrogens is 4. The molecule has 0 radical (unpaired) electrons. The Balaban J connectivity index is 1.10. The van der Waals surface area contributed by atoms with Crippen LogP contribution in [0.25, 0.3) is 11.0 Å². The van der Waals surface area contributed by atoms with Crippen molar-refractivity contribution in [3.05, 3.63) is 82.1 Å². The van der Waals surface area contributed by atoms with E-state index in [4.69, 9.17) is 21.3 Å². The molecule has 6 rings (SSSR count). The Morgan fingerprint density at radius 1 is 1.07 bits per heavy atom. The number of hydrogen-bond acceptors (Lipinski definition) is 6. The topological polar surface area (TPSA) is 102 Å². The fourth-order valence-electron chi connectivity index (χ4n) is 5.43. The Morgan fingerprint density at radius 3 is 2.58 bits per heavy atom. The molecular weight excluding hydrogens is 537 g/mol. The lowest BCUT2D eigenvalue weighted by Crippen LogP contribution is -2.37. The minimum absolute atomic E-state index is 0.00514. The number of aromatic carboxylic acids is 1. The second-order valence-corrected chi connectivity index (χ2v) is 10.9. The summed E-state index contributed by atoms with van der Waals surface area (Å²) in [6, 6.07) is 11.2. The second-order valence-electron chi connectivity index (χ2n) is 10.5. The van der Waals surface area contributed by atoms with Crippen LogP contribution in [-0.4, -0.2) is 66.9 Å². The van der Waals surface area contributed by atoms with Crippen LogP contribution in [0.5, 0.6) is 0 Å². The molecule has 2 aliphatic rings. The molecule has 0 aliphatic carbocycles. The standard InChI is InChI=1S/C29H29ClFN5O4/c30-21-3-1-20(23(31)14-21)15-35-11-7-25(33-35)28(37)18-5-9-34(10-6-18)17-27-32-24-4-2-19(29(38)39)13-26(24)36(27)16-22-8-12-40-22/h1-4,7,11,13-14,18,22H,5-6,8-10,12,15-17H2,(H,38,39)/t22-/m0/s1. The lowest BCUT2D eigenvalue weighted by Gasteiger charge is -2.31. The van der Waals surface area contributed by atoms with Crippen molar-refractivity contribution in [1.29, 1.82) is 0 Å². The summed E-state index contributed by atoms with van der Waals surface area (Å²) in [6.45, 7) is 3.66. The lowest BCUT2D eigenvalue weighted by atomic mass is 9.91. The number of carbonyl (C=O) groups is 2. The van der Waals surface area contributed by atoms with E-state index < -0.39 is 11.8 Å². The molecule has 2 aromatic carbocycles. The highest BCUT2D eigenvalue weighted by molar-refractivity contribution is 6.30. The highest BCUT2D eigenvalue weighted by Gasteiger charge is 2.29. The first-order valence-electron chi connectivity index (χ1n) is 13.4. The molecule has 4 aromatic rings. The third kappa shape index (κ3) is 5.52. The van der Waals surface area contributed by atoms with Gasteiger partial charge in [0.25, 0.3) is 0 Å². The average molecular weight is 566 g/mol. The molecule has 2 aliphatic heterocycles. The van der Waals surface area contributed by atoms with E-state index in [0.717, 1.165) is 43.0 Å². The van der Waals surface area contributed by atoms with Crippen molar-refractivity contribution in [1.82, 2.24) is 24.2 Å². The van der Waals surface area contributed by atoms with E-state index in [9.17, 15) is 19.1 Å². The van der Waals surface area contributed by atoms with Crippen molar-refractivity contribution < 1.29 is 23.8 Å². The number of ketones is 1. The molecule has 0 spiro atoms. The van der Waals surface area contributed by atoms with Gasteiger partial charge in [0.1, 0.15) is 17.3 Å². The van der Waals surface area contributed by atoms with E-state index in [-0.39, 0.29) is 29.9 Å². The van der Waals surface area contributed by atoms with Crippen LogP contribution in [0, 0.1) is 11.7 Å². The summed E-state index contributed by atoms with van der Waals surface area (Å²) in [5.41, 5.74) is 2.64. The molecule has 2 aromatic heterocycles. The summed E-state index contributed by atoms with van der Waals surface area (Å²) >= 11 is 5.84. The van der Waals surface area contributed by atoms with E-state index in [1.165, 1.54) is 6.07 Å². The van der Waals surface area contributed by atoms with Gasteiger partial charge < -0.3 is 14.4 Å². The molecule has 4 heterocycles. The first-order chi connectivity index (χ1) is 19.3. The van der Waals surface area contributed by atoms with Gasteiger partial charge in [-0.15, -0.1) is 0 Å². The molecule has 1 atom stereocenters. The SMILES string of the molecule is O=C(O)c1ccc2nc(CN3CCC(C(=O)c4ccn(Cc5ccc(Cl)cc5F)n4)CC3)n(C[C@@H]3CCO3)c2c1. The van der Waals surface area contributed by atoms with Crippen molar-refractivity contribution in [2.75, 3.05) is 19.7 Å². The molecule has 1 N–H and O–H groups in total. The van der Waals surface area contributed by atoms with E-state index in [1.54, 1.807) is 47.3 Å². The minimum Gasteiger partial charge on any atom is -0.478 e. The van der Waals surface area contributed by atoms with Crippen LogP contribution in [0.15, 0.2) is 48.7 Å². The molecule has 2 saturated heterocycles. The molecular formula is C29H29ClFN5O4.